The Bertz CT molecular complexity index is 635. The van der Waals surface area contributed by atoms with Crippen molar-refractivity contribution in [3.05, 3.63) is 71.8 Å². The lowest BCUT2D eigenvalue weighted by Crippen LogP contribution is -2.28. The van der Waals surface area contributed by atoms with Crippen molar-refractivity contribution in [3.63, 3.8) is 0 Å². The fourth-order valence-corrected chi connectivity index (χ4v) is 2.66. The standard InChI is InChI=1S/C20H23NO2/c1-21(2)15-18(20(23)17-11-7-4-8-12-17)13-14-19(22)16-9-5-3-6-10-16/h3-12,18H,13-15H2,1-2H3/t18-/m0/s1. The highest BCUT2D eigenvalue weighted by Gasteiger charge is 2.22. The summed E-state index contributed by atoms with van der Waals surface area (Å²) in [6.07, 6.45) is 0.959. The molecule has 0 saturated heterocycles. The van der Waals surface area contributed by atoms with E-state index < -0.39 is 0 Å². The van der Waals surface area contributed by atoms with Gasteiger partial charge in [-0.25, -0.2) is 0 Å². The van der Waals surface area contributed by atoms with Crippen LogP contribution in [0.5, 0.6) is 0 Å². The van der Waals surface area contributed by atoms with Crippen LogP contribution in [0.2, 0.25) is 0 Å². The molecule has 2 aromatic rings. The van der Waals surface area contributed by atoms with E-state index >= 15 is 0 Å². The van der Waals surface area contributed by atoms with Crippen molar-refractivity contribution in [2.45, 2.75) is 12.8 Å². The molecule has 0 aromatic heterocycles. The van der Waals surface area contributed by atoms with E-state index in [1.54, 1.807) is 0 Å². The number of carbonyl (C=O) groups is 2. The molecule has 0 radical (unpaired) electrons. The average Bonchev–Trinajstić information content (AvgIpc) is 2.59. The van der Waals surface area contributed by atoms with Gasteiger partial charge in [-0.1, -0.05) is 60.7 Å². The third kappa shape index (κ3) is 5.15. The van der Waals surface area contributed by atoms with Gasteiger partial charge in [0.2, 0.25) is 0 Å². The predicted octanol–water partition coefficient (Wildman–Crippen LogP) is 3.71. The number of nitrogens with zero attached hydrogens (tertiary/aromatic N) is 1. The maximum Gasteiger partial charge on any atom is 0.167 e. The maximum atomic E-state index is 12.7. The molecule has 0 unspecified atom stereocenters. The van der Waals surface area contributed by atoms with Crippen LogP contribution in [0.15, 0.2) is 60.7 Å². The van der Waals surface area contributed by atoms with E-state index in [0.29, 0.717) is 30.5 Å². The number of benzene rings is 2. The Morgan fingerprint density at radius 1 is 0.870 bits per heavy atom. The van der Waals surface area contributed by atoms with E-state index in [1.807, 2.05) is 79.7 Å². The zero-order chi connectivity index (χ0) is 16.7. The number of ketones is 2. The van der Waals surface area contributed by atoms with Crippen LogP contribution in [0, 0.1) is 5.92 Å². The molecular formula is C20H23NO2. The lowest BCUT2D eigenvalue weighted by atomic mass is 9.91. The first-order valence-electron chi connectivity index (χ1n) is 7.90. The molecule has 0 aliphatic rings. The van der Waals surface area contributed by atoms with Gasteiger partial charge in [0, 0.05) is 30.0 Å². The average molecular weight is 309 g/mol. The monoisotopic (exact) mass is 309 g/mol. The summed E-state index contributed by atoms with van der Waals surface area (Å²) in [5.74, 6) is 0.0374. The number of rotatable bonds is 8. The SMILES string of the molecule is CN(C)C[C@H](CCC(=O)c1ccccc1)C(=O)c1ccccc1. The van der Waals surface area contributed by atoms with Crippen LogP contribution in [0.25, 0.3) is 0 Å². The van der Waals surface area contributed by atoms with Gasteiger partial charge in [0.15, 0.2) is 11.6 Å². The molecule has 3 nitrogen and oxygen atoms in total. The molecule has 0 amide bonds. The second kappa shape index (κ2) is 8.39. The Kier molecular flexibility index (Phi) is 6.24. The molecule has 0 fully saturated rings. The Morgan fingerprint density at radius 2 is 1.39 bits per heavy atom. The number of carbonyl (C=O) groups excluding carboxylic acids is 2. The van der Waals surface area contributed by atoms with Crippen LogP contribution in [-0.2, 0) is 0 Å². The van der Waals surface area contributed by atoms with E-state index in [-0.39, 0.29) is 17.5 Å². The normalized spacial score (nSPS) is 12.1. The topological polar surface area (TPSA) is 37.4 Å². The molecule has 2 rings (SSSR count). The van der Waals surface area contributed by atoms with Crippen molar-refractivity contribution in [3.8, 4) is 0 Å². The summed E-state index contributed by atoms with van der Waals surface area (Å²) in [5, 5.41) is 0. The predicted molar refractivity (Wildman–Crippen MR) is 92.8 cm³/mol. The van der Waals surface area contributed by atoms with Crippen LogP contribution in [-0.4, -0.2) is 37.1 Å². The van der Waals surface area contributed by atoms with Gasteiger partial charge in [-0.05, 0) is 20.5 Å². The summed E-state index contributed by atoms with van der Waals surface area (Å²) in [6.45, 7) is 0.649. The van der Waals surface area contributed by atoms with E-state index in [0.717, 1.165) is 0 Å². The summed E-state index contributed by atoms with van der Waals surface area (Å²) in [7, 11) is 3.90. The number of hydrogen-bond donors (Lipinski definition) is 0. The van der Waals surface area contributed by atoms with Gasteiger partial charge in [0.1, 0.15) is 0 Å². The van der Waals surface area contributed by atoms with Crippen LogP contribution in [0.1, 0.15) is 33.6 Å². The van der Waals surface area contributed by atoms with Crippen molar-refractivity contribution in [2.75, 3.05) is 20.6 Å². The van der Waals surface area contributed by atoms with Crippen molar-refractivity contribution < 1.29 is 9.59 Å². The first-order valence-corrected chi connectivity index (χ1v) is 7.90. The minimum absolute atomic E-state index is 0.0928. The van der Waals surface area contributed by atoms with E-state index in [2.05, 4.69) is 0 Å². The summed E-state index contributed by atoms with van der Waals surface area (Å²) >= 11 is 0. The fraction of sp³-hybridized carbons (Fsp3) is 0.300. The first-order chi connectivity index (χ1) is 11.1. The Balaban J connectivity index is 2.04. The molecule has 0 saturated carbocycles. The Labute approximate surface area is 137 Å². The zero-order valence-electron chi connectivity index (χ0n) is 13.7. The largest absolute Gasteiger partial charge is 0.309 e. The molecule has 3 heteroatoms. The van der Waals surface area contributed by atoms with E-state index in [9.17, 15) is 9.59 Å². The van der Waals surface area contributed by atoms with Crippen LogP contribution in [0.3, 0.4) is 0 Å². The first kappa shape index (κ1) is 17.1. The van der Waals surface area contributed by atoms with Gasteiger partial charge in [0.25, 0.3) is 0 Å². The highest BCUT2D eigenvalue weighted by molar-refractivity contribution is 5.99. The summed E-state index contributed by atoms with van der Waals surface area (Å²) in [4.78, 5) is 27.0. The third-order valence-corrected chi connectivity index (χ3v) is 3.83. The van der Waals surface area contributed by atoms with Crippen molar-refractivity contribution in [2.24, 2.45) is 5.92 Å². The van der Waals surface area contributed by atoms with Crippen molar-refractivity contribution in [1.82, 2.24) is 4.90 Å². The van der Waals surface area contributed by atoms with E-state index in [4.69, 9.17) is 0 Å². The minimum atomic E-state index is -0.167. The van der Waals surface area contributed by atoms with Gasteiger partial charge >= 0.3 is 0 Å². The maximum absolute atomic E-state index is 12.7. The molecule has 23 heavy (non-hydrogen) atoms. The molecule has 0 spiro atoms. The lowest BCUT2D eigenvalue weighted by Gasteiger charge is -2.20. The lowest BCUT2D eigenvalue weighted by molar-refractivity contribution is 0.0873. The van der Waals surface area contributed by atoms with Crippen molar-refractivity contribution in [1.29, 1.82) is 0 Å². The fourth-order valence-electron chi connectivity index (χ4n) is 2.66. The zero-order valence-corrected chi connectivity index (χ0v) is 13.7. The molecule has 0 heterocycles. The van der Waals surface area contributed by atoms with Crippen molar-refractivity contribution >= 4 is 11.6 Å². The molecule has 0 N–H and O–H groups in total. The van der Waals surface area contributed by atoms with Gasteiger partial charge in [0.05, 0.1) is 0 Å². The van der Waals surface area contributed by atoms with Gasteiger partial charge < -0.3 is 4.90 Å². The van der Waals surface area contributed by atoms with Gasteiger partial charge in [-0.15, -0.1) is 0 Å². The van der Waals surface area contributed by atoms with Crippen LogP contribution in [0.4, 0.5) is 0 Å². The second-order valence-electron chi connectivity index (χ2n) is 6.02. The van der Waals surface area contributed by atoms with Crippen LogP contribution < -0.4 is 0 Å². The summed E-state index contributed by atoms with van der Waals surface area (Å²) in [6, 6.07) is 18.6. The highest BCUT2D eigenvalue weighted by atomic mass is 16.1. The minimum Gasteiger partial charge on any atom is -0.309 e. The van der Waals surface area contributed by atoms with Crippen LogP contribution >= 0.6 is 0 Å². The van der Waals surface area contributed by atoms with Gasteiger partial charge in [-0.2, -0.15) is 0 Å². The van der Waals surface area contributed by atoms with Gasteiger partial charge in [-0.3, -0.25) is 9.59 Å². The molecule has 120 valence electrons. The highest BCUT2D eigenvalue weighted by Crippen LogP contribution is 2.17. The van der Waals surface area contributed by atoms with E-state index in [1.165, 1.54) is 0 Å². The number of hydrogen-bond acceptors (Lipinski definition) is 3. The molecule has 0 aliphatic heterocycles. The molecule has 2 aromatic carbocycles. The summed E-state index contributed by atoms with van der Waals surface area (Å²) in [5.41, 5.74) is 1.43. The Morgan fingerprint density at radius 3 is 1.91 bits per heavy atom. The molecule has 0 aliphatic carbocycles. The second-order valence-corrected chi connectivity index (χ2v) is 6.02. The number of Topliss-reactive ketones (excluding diaryl/α,β-unsaturated/α-hetero) is 2. The smallest absolute Gasteiger partial charge is 0.167 e. The third-order valence-electron chi connectivity index (χ3n) is 3.83. The molecule has 1 atom stereocenters. The quantitative estimate of drug-likeness (QED) is 0.698. The molecular weight excluding hydrogens is 286 g/mol. The molecule has 0 bridgehead atoms. The summed E-state index contributed by atoms with van der Waals surface area (Å²) < 4.78 is 0. The Hall–Kier alpha value is -2.26.